The largest absolute Gasteiger partial charge is 0.325 e. The molecule has 116 valence electrons. The van der Waals surface area contributed by atoms with Gasteiger partial charge in [-0.15, -0.1) is 11.6 Å². The van der Waals surface area contributed by atoms with Gasteiger partial charge in [-0.3, -0.25) is 0 Å². The zero-order valence-electron chi connectivity index (χ0n) is 13.5. The van der Waals surface area contributed by atoms with E-state index >= 15 is 0 Å². The van der Waals surface area contributed by atoms with Crippen LogP contribution in [0, 0.1) is 6.92 Å². The molecule has 0 fully saturated rings. The van der Waals surface area contributed by atoms with Gasteiger partial charge >= 0.3 is 0 Å². The van der Waals surface area contributed by atoms with Gasteiger partial charge in [0.25, 0.3) is 0 Å². The molecule has 0 radical (unpaired) electrons. The van der Waals surface area contributed by atoms with Crippen molar-refractivity contribution in [2.75, 3.05) is 5.88 Å². The maximum Gasteiger partial charge on any atom is 0.111 e. The van der Waals surface area contributed by atoms with Gasteiger partial charge in [-0.05, 0) is 38.0 Å². The number of benzene rings is 1. The van der Waals surface area contributed by atoms with E-state index in [-0.39, 0.29) is 0 Å². The second-order valence-corrected chi connectivity index (χ2v) is 6.41. The Hall–Kier alpha value is -1.02. The first-order valence-electron chi connectivity index (χ1n) is 8.20. The van der Waals surface area contributed by atoms with E-state index in [0.717, 1.165) is 17.8 Å². The summed E-state index contributed by atoms with van der Waals surface area (Å²) in [6, 6.07) is 7.05. The Bertz CT molecular complexity index is 574. The fourth-order valence-corrected chi connectivity index (χ4v) is 3.18. The average Bonchev–Trinajstić information content (AvgIpc) is 2.81. The van der Waals surface area contributed by atoms with Crippen molar-refractivity contribution in [2.24, 2.45) is 0 Å². The van der Waals surface area contributed by atoms with Crippen LogP contribution in [-0.4, -0.2) is 15.4 Å². The second kappa shape index (κ2) is 7.84. The number of unbranched alkanes of at least 4 members (excludes halogenated alkanes) is 3. The van der Waals surface area contributed by atoms with E-state index in [1.807, 2.05) is 0 Å². The first-order chi connectivity index (χ1) is 10.2. The fourth-order valence-electron chi connectivity index (χ4n) is 3.01. The van der Waals surface area contributed by atoms with E-state index in [1.165, 1.54) is 43.2 Å². The number of nitrogens with zero attached hydrogens (tertiary/aromatic N) is 2. The lowest BCUT2D eigenvalue weighted by molar-refractivity contribution is 0.470. The van der Waals surface area contributed by atoms with Gasteiger partial charge in [-0.1, -0.05) is 38.7 Å². The van der Waals surface area contributed by atoms with Crippen LogP contribution in [0.15, 0.2) is 18.2 Å². The summed E-state index contributed by atoms with van der Waals surface area (Å²) in [7, 11) is 0. The van der Waals surface area contributed by atoms with Crippen LogP contribution in [0.4, 0.5) is 0 Å². The highest BCUT2D eigenvalue weighted by molar-refractivity contribution is 6.17. The molecular weight excluding hydrogens is 280 g/mol. The van der Waals surface area contributed by atoms with Gasteiger partial charge in [0.2, 0.25) is 0 Å². The maximum atomic E-state index is 5.96. The van der Waals surface area contributed by atoms with Gasteiger partial charge < -0.3 is 4.57 Å². The summed E-state index contributed by atoms with van der Waals surface area (Å²) in [6.07, 6.45) is 7.31. The first kappa shape index (κ1) is 16.4. The van der Waals surface area contributed by atoms with E-state index in [9.17, 15) is 0 Å². The van der Waals surface area contributed by atoms with Crippen molar-refractivity contribution >= 4 is 22.6 Å². The minimum atomic E-state index is 0.493. The number of imidazole rings is 1. The Morgan fingerprint density at radius 3 is 2.76 bits per heavy atom. The molecule has 1 atom stereocenters. The van der Waals surface area contributed by atoms with Gasteiger partial charge in [0.1, 0.15) is 5.82 Å². The van der Waals surface area contributed by atoms with E-state index in [2.05, 4.69) is 43.5 Å². The van der Waals surface area contributed by atoms with Crippen LogP contribution >= 0.6 is 11.6 Å². The third-order valence-corrected chi connectivity index (χ3v) is 4.34. The predicted molar refractivity (Wildman–Crippen MR) is 92.4 cm³/mol. The number of alkyl halides is 1. The van der Waals surface area contributed by atoms with Crippen molar-refractivity contribution in [3.8, 4) is 0 Å². The van der Waals surface area contributed by atoms with Crippen molar-refractivity contribution in [1.29, 1.82) is 0 Å². The minimum Gasteiger partial charge on any atom is -0.325 e. The topological polar surface area (TPSA) is 17.8 Å². The Kier molecular flexibility index (Phi) is 6.10. The first-order valence-corrected chi connectivity index (χ1v) is 8.74. The molecule has 0 aliphatic heterocycles. The molecule has 0 aliphatic carbocycles. The zero-order valence-corrected chi connectivity index (χ0v) is 14.3. The number of hydrogen-bond donors (Lipinski definition) is 0. The normalized spacial score (nSPS) is 13.0. The van der Waals surface area contributed by atoms with Crippen LogP contribution in [0.25, 0.3) is 11.0 Å². The van der Waals surface area contributed by atoms with Gasteiger partial charge in [-0.25, -0.2) is 4.98 Å². The third kappa shape index (κ3) is 4.00. The Morgan fingerprint density at radius 1 is 1.24 bits per heavy atom. The van der Waals surface area contributed by atoms with Crippen LogP contribution in [-0.2, 0) is 6.42 Å². The molecule has 3 heteroatoms. The predicted octanol–water partition coefficient (Wildman–Crippen LogP) is 5.66. The summed E-state index contributed by atoms with van der Waals surface area (Å²) >= 11 is 5.96. The summed E-state index contributed by atoms with van der Waals surface area (Å²) < 4.78 is 2.41. The highest BCUT2D eigenvalue weighted by Crippen LogP contribution is 2.26. The second-order valence-electron chi connectivity index (χ2n) is 6.03. The van der Waals surface area contributed by atoms with Gasteiger partial charge in [0, 0.05) is 18.3 Å². The minimum absolute atomic E-state index is 0.493. The summed E-state index contributed by atoms with van der Waals surface area (Å²) in [4.78, 5) is 4.81. The average molecular weight is 307 g/mol. The molecule has 1 aromatic heterocycles. The van der Waals surface area contributed by atoms with Crippen LogP contribution < -0.4 is 0 Å². The molecule has 0 aliphatic rings. The van der Waals surface area contributed by atoms with E-state index in [1.54, 1.807) is 0 Å². The van der Waals surface area contributed by atoms with Crippen molar-refractivity contribution in [3.05, 3.63) is 29.6 Å². The lowest BCUT2D eigenvalue weighted by Gasteiger charge is -2.17. The van der Waals surface area contributed by atoms with E-state index in [4.69, 9.17) is 16.6 Å². The van der Waals surface area contributed by atoms with Crippen molar-refractivity contribution in [2.45, 2.75) is 65.3 Å². The van der Waals surface area contributed by atoms with E-state index < -0.39 is 0 Å². The SMILES string of the molecule is CCCCCCC(C)n1c(CCCl)nc2cc(C)ccc21. The molecule has 1 aromatic carbocycles. The van der Waals surface area contributed by atoms with Gasteiger partial charge in [0.05, 0.1) is 11.0 Å². The van der Waals surface area contributed by atoms with Crippen LogP contribution in [0.5, 0.6) is 0 Å². The van der Waals surface area contributed by atoms with E-state index in [0.29, 0.717) is 11.9 Å². The lowest BCUT2D eigenvalue weighted by atomic mass is 10.1. The van der Waals surface area contributed by atoms with Gasteiger partial charge in [0.15, 0.2) is 0 Å². The van der Waals surface area contributed by atoms with Gasteiger partial charge in [-0.2, -0.15) is 0 Å². The standard InChI is InChI=1S/C18H27ClN2/c1-4-5-6-7-8-15(3)21-17-10-9-14(2)13-16(17)20-18(21)11-12-19/h9-10,13,15H,4-8,11-12H2,1-3H3. The number of halogens is 1. The summed E-state index contributed by atoms with van der Waals surface area (Å²) in [5.41, 5.74) is 3.62. The number of aromatic nitrogens is 2. The lowest BCUT2D eigenvalue weighted by Crippen LogP contribution is -2.10. The number of hydrogen-bond acceptors (Lipinski definition) is 1. The molecule has 0 amide bonds. The summed E-state index contributed by atoms with van der Waals surface area (Å²) in [5, 5.41) is 0. The Balaban J connectivity index is 2.24. The van der Waals surface area contributed by atoms with Crippen LogP contribution in [0.2, 0.25) is 0 Å². The van der Waals surface area contributed by atoms with Crippen molar-refractivity contribution in [3.63, 3.8) is 0 Å². The number of aryl methyl sites for hydroxylation is 2. The zero-order chi connectivity index (χ0) is 15.2. The molecule has 2 aromatic rings. The monoisotopic (exact) mass is 306 g/mol. The highest BCUT2D eigenvalue weighted by atomic mass is 35.5. The molecule has 21 heavy (non-hydrogen) atoms. The Morgan fingerprint density at radius 2 is 2.05 bits per heavy atom. The molecule has 0 spiro atoms. The molecule has 0 saturated heterocycles. The molecule has 2 rings (SSSR count). The molecule has 0 bridgehead atoms. The highest BCUT2D eigenvalue weighted by Gasteiger charge is 2.15. The summed E-state index contributed by atoms with van der Waals surface area (Å²) in [6.45, 7) is 6.69. The summed E-state index contributed by atoms with van der Waals surface area (Å²) in [5.74, 6) is 1.76. The number of fused-ring (bicyclic) bond motifs is 1. The fraction of sp³-hybridized carbons (Fsp3) is 0.611. The molecule has 0 N–H and O–H groups in total. The van der Waals surface area contributed by atoms with Crippen molar-refractivity contribution in [1.82, 2.24) is 9.55 Å². The van der Waals surface area contributed by atoms with Crippen molar-refractivity contribution < 1.29 is 0 Å². The quantitative estimate of drug-likeness (QED) is 0.454. The molecule has 1 unspecified atom stereocenters. The Labute approximate surface area is 133 Å². The van der Waals surface area contributed by atoms with Crippen LogP contribution in [0.1, 0.15) is 63.4 Å². The third-order valence-electron chi connectivity index (χ3n) is 4.15. The molecule has 2 nitrogen and oxygen atoms in total. The molecule has 0 saturated carbocycles. The van der Waals surface area contributed by atoms with Crippen LogP contribution in [0.3, 0.4) is 0 Å². The smallest absolute Gasteiger partial charge is 0.111 e. The maximum absolute atomic E-state index is 5.96. The molecular formula is C18H27ClN2. The number of rotatable bonds is 8. The molecule has 1 heterocycles.